The summed E-state index contributed by atoms with van der Waals surface area (Å²) in [5.74, 6) is -0.289. The van der Waals surface area contributed by atoms with Gasteiger partial charge in [0, 0.05) is 6.42 Å². The largest absolute Gasteiger partial charge is 0.394 e. The number of nitrogens with one attached hydrogen (secondary N) is 1. The molecule has 0 aromatic heterocycles. The fraction of sp³-hybridized carbons (Fsp3) is 0.725. The fourth-order valence-corrected chi connectivity index (χ4v) is 10.4. The summed E-state index contributed by atoms with van der Waals surface area (Å²) >= 11 is 0. The molecule has 0 aromatic rings. The van der Waals surface area contributed by atoms with E-state index in [1.807, 2.05) is 6.08 Å². The van der Waals surface area contributed by atoms with Crippen LogP contribution in [0.15, 0.2) is 109 Å². The average molecular weight is 1250 g/mol. The Balaban J connectivity index is 1.29. The Morgan fingerprint density at radius 1 is 0.420 bits per heavy atom. The van der Waals surface area contributed by atoms with Crippen LogP contribution in [0.3, 0.4) is 0 Å². The maximum atomic E-state index is 13.3. The molecule has 19 nitrogen and oxygen atoms in total. The first-order chi connectivity index (χ1) is 42.8. The summed E-state index contributed by atoms with van der Waals surface area (Å²) < 4.78 is 34.1. The highest BCUT2D eigenvalue weighted by Crippen LogP contribution is 2.33. The Hall–Kier alpha value is -3.55. The van der Waals surface area contributed by atoms with E-state index in [4.69, 9.17) is 28.4 Å². The third-order valence-electron chi connectivity index (χ3n) is 15.8. The van der Waals surface area contributed by atoms with Gasteiger partial charge < -0.3 is 89.9 Å². The minimum atomic E-state index is -1.98. The van der Waals surface area contributed by atoms with Gasteiger partial charge in [-0.25, -0.2) is 0 Å². The minimum absolute atomic E-state index is 0.233. The quantitative estimate of drug-likeness (QED) is 0.0204. The number of amides is 1. The molecule has 3 heterocycles. The van der Waals surface area contributed by atoms with Crippen LogP contribution in [-0.4, -0.2) is 193 Å². The van der Waals surface area contributed by atoms with Gasteiger partial charge in [0.1, 0.15) is 73.2 Å². The van der Waals surface area contributed by atoms with Crippen molar-refractivity contribution < 1.29 is 89.4 Å². The van der Waals surface area contributed by atoms with E-state index in [0.29, 0.717) is 6.42 Å². The van der Waals surface area contributed by atoms with Crippen molar-refractivity contribution in [2.75, 3.05) is 26.4 Å². The third kappa shape index (κ3) is 32.1. The number of hydrogen-bond acceptors (Lipinski definition) is 18. The number of rotatable bonds is 48. The summed E-state index contributed by atoms with van der Waals surface area (Å²) in [6.07, 6.45) is 40.0. The number of ether oxygens (including phenoxy) is 6. The van der Waals surface area contributed by atoms with E-state index in [2.05, 4.69) is 116 Å². The van der Waals surface area contributed by atoms with E-state index < -0.39 is 124 Å². The second kappa shape index (κ2) is 50.1. The van der Waals surface area contributed by atoms with E-state index in [1.165, 1.54) is 44.9 Å². The molecule has 17 atom stereocenters. The first-order valence-corrected chi connectivity index (χ1v) is 33.1. The molecule has 3 aliphatic heterocycles. The van der Waals surface area contributed by atoms with Gasteiger partial charge in [-0.2, -0.15) is 0 Å². The SMILES string of the molecule is CC/C=C\C/C=C\C/C=C\C/C=C\C/C=C\C/C=C\C/C=C\C/C=C\CCCCCCCCCCCCCCC(=O)NC(COC1OC(CO)C(OC2OC(CO)C(OC3OC(CO)C(O)C(O)C3O)C(O)C2O)C(O)C1O)C(O)/C=C/CCCCCC. The summed E-state index contributed by atoms with van der Waals surface area (Å²) in [5.41, 5.74) is 0. The van der Waals surface area contributed by atoms with Crippen LogP contribution in [0, 0.1) is 0 Å². The molecule has 17 unspecified atom stereocenters. The van der Waals surface area contributed by atoms with Gasteiger partial charge in [-0.3, -0.25) is 4.79 Å². The molecule has 0 aliphatic carbocycles. The molecule has 504 valence electrons. The van der Waals surface area contributed by atoms with E-state index in [9.17, 15) is 61.0 Å². The molecule has 3 fully saturated rings. The van der Waals surface area contributed by atoms with Gasteiger partial charge >= 0.3 is 0 Å². The Morgan fingerprint density at radius 3 is 1.23 bits per heavy atom. The molecule has 0 radical (unpaired) electrons. The summed E-state index contributed by atoms with van der Waals surface area (Å²) in [5, 5.41) is 120. The number of allylic oxidation sites excluding steroid dienone is 17. The molecule has 3 saturated heterocycles. The van der Waals surface area contributed by atoms with Crippen molar-refractivity contribution in [3.05, 3.63) is 109 Å². The van der Waals surface area contributed by atoms with Gasteiger partial charge in [0.05, 0.1) is 38.6 Å². The molecule has 1 amide bonds. The number of hydrogen-bond donors (Lipinski definition) is 12. The van der Waals surface area contributed by atoms with Crippen LogP contribution in [0.1, 0.15) is 187 Å². The molecular weight excluding hydrogens is 1130 g/mol. The Labute approximate surface area is 525 Å². The lowest BCUT2D eigenvalue weighted by atomic mass is 9.96. The van der Waals surface area contributed by atoms with E-state index in [1.54, 1.807) is 6.08 Å². The Morgan fingerprint density at radius 2 is 0.784 bits per heavy atom. The fourth-order valence-electron chi connectivity index (χ4n) is 10.4. The highest BCUT2D eigenvalue weighted by Gasteiger charge is 2.53. The summed E-state index contributed by atoms with van der Waals surface area (Å²) in [6.45, 7) is 1.48. The van der Waals surface area contributed by atoms with Crippen molar-refractivity contribution in [3.63, 3.8) is 0 Å². The Kier molecular flexibility index (Phi) is 44.8. The minimum Gasteiger partial charge on any atom is -0.394 e. The molecule has 3 aliphatic rings. The van der Waals surface area contributed by atoms with E-state index >= 15 is 0 Å². The first kappa shape index (κ1) is 78.7. The third-order valence-corrected chi connectivity index (χ3v) is 15.8. The Bertz CT molecular complexity index is 2020. The number of unbranched alkanes of at least 4 members (excludes halogenated alkanes) is 16. The predicted octanol–water partition coefficient (Wildman–Crippen LogP) is 7.88. The van der Waals surface area contributed by atoms with Gasteiger partial charge in [0.15, 0.2) is 18.9 Å². The standard InChI is InChI=1S/C69H115NO18/c1-3-5-7-9-11-12-13-14-15-16-17-18-19-20-21-22-23-24-25-26-27-28-29-30-31-32-33-34-35-36-37-38-39-40-41-43-45-47-57(75)70-52(53(74)46-44-42-10-8-6-4-2)51-83-67-63(81)60(78)65(55(49-72)85-67)88-69-64(82)61(79)66(56(50-73)86-69)87-68-62(80)59(77)58(76)54(48-71)84-68/h5,7,11-12,14-15,17-18,20-21,23-24,26-27,29-30,44,46,52-56,58-69,71-74,76-82H,3-4,6,8-10,13,16,19,22,25,28,31-43,45,47-51H2,1-2H3,(H,70,75)/b7-5-,12-11-,15-14-,18-17-,21-20-,24-23-,27-26-,30-29-,46-44+. The molecule has 0 saturated carbocycles. The zero-order valence-corrected chi connectivity index (χ0v) is 52.9. The van der Waals surface area contributed by atoms with Crippen LogP contribution in [0.25, 0.3) is 0 Å². The van der Waals surface area contributed by atoms with Crippen molar-refractivity contribution >= 4 is 5.91 Å². The van der Waals surface area contributed by atoms with E-state index in [-0.39, 0.29) is 18.9 Å². The monoisotopic (exact) mass is 1250 g/mol. The average Bonchev–Trinajstić information content (AvgIpc) is 0.949. The lowest BCUT2D eigenvalue weighted by Gasteiger charge is -2.48. The second-order valence-corrected chi connectivity index (χ2v) is 23.2. The summed E-state index contributed by atoms with van der Waals surface area (Å²) in [7, 11) is 0. The number of carbonyl (C=O) groups is 1. The van der Waals surface area contributed by atoms with Crippen molar-refractivity contribution in [3.8, 4) is 0 Å². The molecule has 12 N–H and O–H groups in total. The second-order valence-electron chi connectivity index (χ2n) is 23.2. The van der Waals surface area contributed by atoms with Gasteiger partial charge in [0.2, 0.25) is 5.91 Å². The van der Waals surface area contributed by atoms with Crippen LogP contribution >= 0.6 is 0 Å². The lowest BCUT2D eigenvalue weighted by molar-refractivity contribution is -0.379. The van der Waals surface area contributed by atoms with Gasteiger partial charge in [-0.15, -0.1) is 0 Å². The highest BCUT2D eigenvalue weighted by molar-refractivity contribution is 5.76. The molecule has 3 rings (SSSR count). The van der Waals surface area contributed by atoms with Crippen LogP contribution < -0.4 is 5.32 Å². The van der Waals surface area contributed by atoms with Gasteiger partial charge in [-0.1, -0.05) is 207 Å². The van der Waals surface area contributed by atoms with E-state index in [0.717, 1.165) is 116 Å². The molecular formula is C69H115NO18. The zero-order valence-electron chi connectivity index (χ0n) is 52.9. The van der Waals surface area contributed by atoms with Crippen molar-refractivity contribution in [2.45, 2.75) is 291 Å². The molecule has 0 bridgehead atoms. The summed E-state index contributed by atoms with van der Waals surface area (Å²) in [4.78, 5) is 13.3. The first-order valence-electron chi connectivity index (χ1n) is 33.1. The summed E-state index contributed by atoms with van der Waals surface area (Å²) in [6, 6.07) is -0.977. The molecule has 19 heteroatoms. The number of carbonyl (C=O) groups excluding carboxylic acids is 1. The lowest BCUT2D eigenvalue weighted by Crippen LogP contribution is -2.66. The highest BCUT2D eigenvalue weighted by atomic mass is 16.8. The molecule has 0 spiro atoms. The van der Waals surface area contributed by atoms with Crippen molar-refractivity contribution in [1.29, 1.82) is 0 Å². The smallest absolute Gasteiger partial charge is 0.220 e. The van der Waals surface area contributed by atoms with Gasteiger partial charge in [0.25, 0.3) is 0 Å². The maximum Gasteiger partial charge on any atom is 0.220 e. The topological polar surface area (TPSA) is 307 Å². The number of aliphatic hydroxyl groups is 11. The van der Waals surface area contributed by atoms with Gasteiger partial charge in [-0.05, 0) is 83.5 Å². The zero-order chi connectivity index (χ0) is 64.0. The van der Waals surface area contributed by atoms with Crippen molar-refractivity contribution in [2.24, 2.45) is 0 Å². The van der Waals surface area contributed by atoms with Crippen LogP contribution in [0.4, 0.5) is 0 Å². The van der Waals surface area contributed by atoms with Crippen LogP contribution in [0.5, 0.6) is 0 Å². The molecule has 88 heavy (non-hydrogen) atoms. The molecule has 0 aromatic carbocycles. The number of aliphatic hydroxyl groups excluding tert-OH is 11. The van der Waals surface area contributed by atoms with Crippen LogP contribution in [-0.2, 0) is 33.2 Å². The predicted molar refractivity (Wildman–Crippen MR) is 341 cm³/mol. The normalized spacial score (nSPS) is 29.1. The van der Waals surface area contributed by atoms with Crippen molar-refractivity contribution in [1.82, 2.24) is 5.32 Å². The maximum absolute atomic E-state index is 13.3. The van der Waals surface area contributed by atoms with Crippen LogP contribution in [0.2, 0.25) is 0 Å².